The Balaban J connectivity index is 1.84. The van der Waals surface area contributed by atoms with E-state index < -0.39 is 6.10 Å². The van der Waals surface area contributed by atoms with E-state index >= 15 is 0 Å². The molecule has 4 N–H and O–H groups in total. The normalized spacial score (nSPS) is 15.8. The Morgan fingerprint density at radius 2 is 2.03 bits per heavy atom. The molecule has 1 atom stereocenters. The first kappa shape index (κ1) is 21.7. The standard InChI is InChI=1S/C21H28FN3O3S/c1-13-4-5-17(16(22)10-13)23-19-14(2)20(28)25(3)12-18(19)24-29-21(7-8-21)11-15(27)6-9-26/h4-5,10,12,15,23-24,26-27H,6-9,11H2,1-3H3. The average molecular weight is 422 g/mol. The molecule has 0 spiro atoms. The molecule has 0 bridgehead atoms. The summed E-state index contributed by atoms with van der Waals surface area (Å²) in [6.07, 6.45) is 4.03. The lowest BCUT2D eigenvalue weighted by molar-refractivity contribution is 0.123. The van der Waals surface area contributed by atoms with E-state index in [1.165, 1.54) is 22.6 Å². The number of hydrogen-bond acceptors (Lipinski definition) is 6. The monoisotopic (exact) mass is 421 g/mol. The molecule has 1 heterocycles. The maximum Gasteiger partial charge on any atom is 0.255 e. The molecule has 0 aliphatic heterocycles. The Bertz CT molecular complexity index is 943. The SMILES string of the molecule is Cc1ccc(Nc2c(NSC3(CC(O)CCO)CC3)cn(C)c(=O)c2C)c(F)c1. The van der Waals surface area contributed by atoms with Crippen molar-refractivity contribution < 1.29 is 14.6 Å². The van der Waals surface area contributed by atoms with Gasteiger partial charge in [-0.1, -0.05) is 6.07 Å². The van der Waals surface area contributed by atoms with Crippen LogP contribution in [0.1, 0.15) is 36.8 Å². The highest BCUT2D eigenvalue weighted by Gasteiger charge is 2.45. The lowest BCUT2D eigenvalue weighted by Gasteiger charge is -2.22. The van der Waals surface area contributed by atoms with Crippen molar-refractivity contribution in [1.29, 1.82) is 0 Å². The quantitative estimate of drug-likeness (QED) is 0.463. The molecule has 0 amide bonds. The fourth-order valence-corrected chi connectivity index (χ4v) is 4.38. The Hall–Kier alpha value is -2.03. The van der Waals surface area contributed by atoms with Crippen molar-refractivity contribution in [3.05, 3.63) is 51.7 Å². The lowest BCUT2D eigenvalue weighted by atomic mass is 10.1. The number of nitrogens with one attached hydrogen (secondary N) is 2. The number of halogens is 1. The van der Waals surface area contributed by atoms with Gasteiger partial charge in [0.2, 0.25) is 0 Å². The predicted molar refractivity (Wildman–Crippen MR) is 116 cm³/mol. The maximum atomic E-state index is 14.4. The molecule has 1 aromatic heterocycles. The molecule has 0 radical (unpaired) electrons. The number of aliphatic hydroxyl groups is 2. The van der Waals surface area contributed by atoms with Crippen molar-refractivity contribution >= 4 is 29.0 Å². The van der Waals surface area contributed by atoms with Crippen LogP contribution in [0.5, 0.6) is 0 Å². The number of pyridine rings is 1. The third-order valence-electron chi connectivity index (χ3n) is 5.25. The van der Waals surface area contributed by atoms with E-state index in [0.717, 1.165) is 18.4 Å². The van der Waals surface area contributed by atoms with E-state index in [2.05, 4.69) is 10.0 Å². The van der Waals surface area contributed by atoms with Gasteiger partial charge in [-0.2, -0.15) is 0 Å². The molecule has 1 saturated carbocycles. The molecule has 8 heteroatoms. The number of nitrogens with zero attached hydrogens (tertiary/aromatic N) is 1. The van der Waals surface area contributed by atoms with Crippen LogP contribution in [-0.4, -0.2) is 32.2 Å². The van der Waals surface area contributed by atoms with Gasteiger partial charge in [-0.3, -0.25) is 4.79 Å². The van der Waals surface area contributed by atoms with Crippen LogP contribution >= 0.6 is 11.9 Å². The summed E-state index contributed by atoms with van der Waals surface area (Å²) in [6.45, 7) is 3.50. The Kier molecular flexibility index (Phi) is 6.55. The molecule has 1 aromatic carbocycles. The van der Waals surface area contributed by atoms with E-state index in [1.54, 1.807) is 26.2 Å². The number of benzene rings is 1. The summed E-state index contributed by atoms with van der Waals surface area (Å²) < 4.78 is 19.1. The topological polar surface area (TPSA) is 86.5 Å². The van der Waals surface area contributed by atoms with E-state index in [9.17, 15) is 14.3 Å². The highest BCUT2D eigenvalue weighted by atomic mass is 32.2. The van der Waals surface area contributed by atoms with Gasteiger partial charge in [-0.15, -0.1) is 0 Å². The van der Waals surface area contributed by atoms with E-state index in [1.807, 2.05) is 13.0 Å². The smallest absolute Gasteiger partial charge is 0.255 e. The highest BCUT2D eigenvalue weighted by molar-refractivity contribution is 8.02. The minimum atomic E-state index is -0.544. The van der Waals surface area contributed by atoms with E-state index in [-0.39, 0.29) is 22.7 Å². The number of anilines is 3. The van der Waals surface area contributed by atoms with Crippen LogP contribution in [0.4, 0.5) is 21.5 Å². The summed E-state index contributed by atoms with van der Waals surface area (Å²) in [5, 5.41) is 22.1. The number of aryl methyl sites for hydroxylation is 2. The molecule has 3 rings (SSSR count). The second kappa shape index (κ2) is 8.77. The Labute approximate surface area is 174 Å². The minimum absolute atomic E-state index is 0.0362. The predicted octanol–water partition coefficient (Wildman–Crippen LogP) is 3.61. The maximum absolute atomic E-state index is 14.4. The molecule has 6 nitrogen and oxygen atoms in total. The highest BCUT2D eigenvalue weighted by Crippen LogP contribution is 2.52. The third-order valence-corrected chi connectivity index (χ3v) is 6.58. The average Bonchev–Trinajstić information content (AvgIpc) is 3.42. The molecule has 1 unspecified atom stereocenters. The van der Waals surface area contributed by atoms with Crippen molar-refractivity contribution in [2.24, 2.45) is 7.05 Å². The summed E-state index contributed by atoms with van der Waals surface area (Å²) >= 11 is 1.51. The van der Waals surface area contributed by atoms with Crippen LogP contribution in [0.2, 0.25) is 0 Å². The van der Waals surface area contributed by atoms with Gasteiger partial charge in [0.1, 0.15) is 5.82 Å². The third kappa shape index (κ3) is 5.12. The van der Waals surface area contributed by atoms with Crippen molar-refractivity contribution in [3.8, 4) is 0 Å². The van der Waals surface area contributed by atoms with Gasteiger partial charge in [-0.05, 0) is 69.2 Å². The van der Waals surface area contributed by atoms with E-state index in [4.69, 9.17) is 5.11 Å². The number of rotatable bonds is 9. The van der Waals surface area contributed by atoms with Gasteiger partial charge in [0.25, 0.3) is 5.56 Å². The molecule has 2 aromatic rings. The van der Waals surface area contributed by atoms with Gasteiger partial charge in [-0.25, -0.2) is 4.39 Å². The molecular formula is C21H28FN3O3S. The summed E-state index contributed by atoms with van der Waals surface area (Å²) in [7, 11) is 1.68. The van der Waals surface area contributed by atoms with Crippen molar-refractivity contribution in [3.63, 3.8) is 0 Å². The second-order valence-corrected chi connectivity index (χ2v) is 9.10. The molecular weight excluding hydrogens is 393 g/mol. The zero-order valence-electron chi connectivity index (χ0n) is 17.0. The van der Waals surface area contributed by atoms with Gasteiger partial charge in [0.05, 0.1) is 23.2 Å². The van der Waals surface area contributed by atoms with Gasteiger partial charge in [0.15, 0.2) is 0 Å². The van der Waals surface area contributed by atoms with Crippen molar-refractivity contribution in [2.45, 2.75) is 50.4 Å². The van der Waals surface area contributed by atoms with E-state index in [0.29, 0.717) is 35.5 Å². The van der Waals surface area contributed by atoms with Crippen LogP contribution in [0, 0.1) is 19.7 Å². The van der Waals surface area contributed by atoms with Crippen molar-refractivity contribution in [1.82, 2.24) is 4.57 Å². The number of hydrogen-bond donors (Lipinski definition) is 4. The second-order valence-electron chi connectivity index (χ2n) is 7.82. The Morgan fingerprint density at radius 1 is 1.31 bits per heavy atom. The molecule has 29 heavy (non-hydrogen) atoms. The minimum Gasteiger partial charge on any atom is -0.396 e. The fourth-order valence-electron chi connectivity index (χ4n) is 3.32. The molecule has 1 aliphatic rings. The molecule has 1 fully saturated rings. The summed E-state index contributed by atoms with van der Waals surface area (Å²) in [5.41, 5.74) is 2.67. The van der Waals surface area contributed by atoms with Gasteiger partial charge >= 0.3 is 0 Å². The molecule has 0 saturated heterocycles. The molecule has 158 valence electrons. The van der Waals surface area contributed by atoms with Crippen molar-refractivity contribution in [2.75, 3.05) is 16.6 Å². The molecule has 1 aliphatic carbocycles. The summed E-state index contributed by atoms with van der Waals surface area (Å²) in [5.74, 6) is -0.380. The number of aromatic nitrogens is 1. The largest absolute Gasteiger partial charge is 0.396 e. The lowest BCUT2D eigenvalue weighted by Crippen LogP contribution is -2.22. The first-order chi connectivity index (χ1) is 13.7. The van der Waals surface area contributed by atoms with Gasteiger partial charge < -0.3 is 24.8 Å². The van der Waals surface area contributed by atoms with Crippen LogP contribution in [-0.2, 0) is 7.05 Å². The zero-order valence-corrected chi connectivity index (χ0v) is 17.8. The zero-order chi connectivity index (χ0) is 21.2. The first-order valence-electron chi connectivity index (χ1n) is 9.71. The summed E-state index contributed by atoms with van der Waals surface area (Å²) in [6, 6.07) is 4.92. The van der Waals surface area contributed by atoms with Crippen LogP contribution in [0.15, 0.2) is 29.2 Å². The van der Waals surface area contributed by atoms with Crippen LogP contribution in [0.3, 0.4) is 0 Å². The van der Waals surface area contributed by atoms with Gasteiger partial charge in [0, 0.05) is 30.2 Å². The van der Waals surface area contributed by atoms with Crippen LogP contribution in [0.25, 0.3) is 0 Å². The first-order valence-corrected chi connectivity index (χ1v) is 10.5. The fraction of sp³-hybridized carbons (Fsp3) is 0.476. The Morgan fingerprint density at radius 3 is 2.66 bits per heavy atom. The summed E-state index contributed by atoms with van der Waals surface area (Å²) in [4.78, 5) is 12.4. The van der Waals surface area contributed by atoms with Crippen LogP contribution < -0.4 is 15.6 Å². The number of aliphatic hydroxyl groups excluding tert-OH is 2.